The number of fused-ring (bicyclic) bond motifs is 1. The first-order chi connectivity index (χ1) is 7.59. The van der Waals surface area contributed by atoms with Crippen molar-refractivity contribution in [3.05, 3.63) is 35.4 Å². The average Bonchev–Trinajstić information content (AvgIpc) is 2.25. The molecule has 0 spiro atoms. The Morgan fingerprint density at radius 2 is 1.88 bits per heavy atom. The van der Waals surface area contributed by atoms with Crippen molar-refractivity contribution < 1.29 is 0 Å². The lowest BCUT2D eigenvalue weighted by molar-refractivity contribution is 0.526. The van der Waals surface area contributed by atoms with Crippen LogP contribution in [0.5, 0.6) is 0 Å². The highest BCUT2D eigenvalue weighted by Crippen LogP contribution is 2.42. The van der Waals surface area contributed by atoms with Crippen molar-refractivity contribution in [1.29, 1.82) is 0 Å². The van der Waals surface area contributed by atoms with Gasteiger partial charge in [-0.3, -0.25) is 0 Å². The van der Waals surface area contributed by atoms with Gasteiger partial charge in [0.05, 0.1) is 0 Å². The van der Waals surface area contributed by atoms with E-state index in [0.29, 0.717) is 16.4 Å². The normalized spacial score (nSPS) is 29.2. The number of benzene rings is 1. The quantitative estimate of drug-likeness (QED) is 0.845. The van der Waals surface area contributed by atoms with E-state index in [2.05, 4.69) is 45.0 Å². The van der Waals surface area contributed by atoms with Gasteiger partial charge in [-0.25, -0.2) is 0 Å². The predicted octanol–water partition coefficient (Wildman–Crippen LogP) is 3.70. The Labute approximate surface area is 103 Å². The summed E-state index contributed by atoms with van der Waals surface area (Å²) >= 11 is 2.03. The summed E-state index contributed by atoms with van der Waals surface area (Å²) < 4.78 is 0. The smallest absolute Gasteiger partial charge is 0.0418 e. The SMILES string of the molecule is CC(C)SC1CC(C)c2ccccc2C1N. The van der Waals surface area contributed by atoms with Crippen LogP contribution in [0, 0.1) is 0 Å². The summed E-state index contributed by atoms with van der Waals surface area (Å²) in [5.74, 6) is 0.646. The molecular formula is C14H21NS. The Morgan fingerprint density at radius 1 is 1.25 bits per heavy atom. The standard InChI is InChI=1S/C14H21NS/c1-9(2)16-13-8-10(3)11-6-4-5-7-12(11)14(13)15/h4-7,9-10,13-14H,8,15H2,1-3H3. The van der Waals surface area contributed by atoms with Crippen molar-refractivity contribution in [2.45, 2.75) is 49.7 Å². The van der Waals surface area contributed by atoms with Crippen molar-refractivity contribution in [2.75, 3.05) is 0 Å². The van der Waals surface area contributed by atoms with Gasteiger partial charge in [-0.2, -0.15) is 11.8 Å². The number of nitrogens with two attached hydrogens (primary N) is 1. The van der Waals surface area contributed by atoms with Crippen LogP contribution in [0.4, 0.5) is 0 Å². The van der Waals surface area contributed by atoms with E-state index in [1.807, 2.05) is 11.8 Å². The van der Waals surface area contributed by atoms with E-state index in [1.54, 1.807) is 0 Å². The molecule has 0 amide bonds. The molecule has 2 rings (SSSR count). The van der Waals surface area contributed by atoms with Crippen LogP contribution in [0.3, 0.4) is 0 Å². The molecule has 1 aromatic carbocycles. The van der Waals surface area contributed by atoms with Gasteiger partial charge in [0.25, 0.3) is 0 Å². The molecule has 88 valence electrons. The van der Waals surface area contributed by atoms with E-state index in [9.17, 15) is 0 Å². The number of hydrogen-bond donors (Lipinski definition) is 1. The molecule has 0 radical (unpaired) electrons. The molecule has 0 fully saturated rings. The van der Waals surface area contributed by atoms with Gasteiger partial charge in [-0.1, -0.05) is 45.0 Å². The molecule has 2 N–H and O–H groups in total. The second-order valence-corrected chi connectivity index (χ2v) is 6.84. The van der Waals surface area contributed by atoms with E-state index in [0.717, 1.165) is 0 Å². The third-order valence-corrected chi connectivity index (χ3v) is 4.70. The van der Waals surface area contributed by atoms with E-state index >= 15 is 0 Å². The van der Waals surface area contributed by atoms with Crippen molar-refractivity contribution in [1.82, 2.24) is 0 Å². The highest BCUT2D eigenvalue weighted by Gasteiger charge is 2.31. The van der Waals surface area contributed by atoms with Crippen LogP contribution in [0.1, 0.15) is 50.3 Å². The van der Waals surface area contributed by atoms with Crippen LogP contribution in [-0.2, 0) is 0 Å². The molecule has 2 heteroatoms. The Balaban J connectivity index is 2.27. The Kier molecular flexibility index (Phi) is 3.60. The van der Waals surface area contributed by atoms with Crippen molar-refractivity contribution in [2.24, 2.45) is 5.73 Å². The van der Waals surface area contributed by atoms with E-state index in [1.165, 1.54) is 17.5 Å². The maximum atomic E-state index is 6.38. The van der Waals surface area contributed by atoms with E-state index in [4.69, 9.17) is 5.73 Å². The van der Waals surface area contributed by atoms with Crippen LogP contribution in [0.25, 0.3) is 0 Å². The molecule has 0 heterocycles. The first-order valence-corrected chi connectivity index (χ1v) is 7.03. The second-order valence-electron chi connectivity index (χ2n) is 5.01. The molecule has 0 saturated carbocycles. The minimum absolute atomic E-state index is 0.208. The van der Waals surface area contributed by atoms with Gasteiger partial charge in [0.2, 0.25) is 0 Å². The molecule has 1 aliphatic carbocycles. The number of hydrogen-bond acceptors (Lipinski definition) is 2. The minimum atomic E-state index is 0.208. The molecule has 3 atom stereocenters. The lowest BCUT2D eigenvalue weighted by atomic mass is 9.81. The van der Waals surface area contributed by atoms with Crippen molar-refractivity contribution >= 4 is 11.8 Å². The summed E-state index contributed by atoms with van der Waals surface area (Å²) in [7, 11) is 0. The summed E-state index contributed by atoms with van der Waals surface area (Å²) in [5.41, 5.74) is 9.20. The van der Waals surface area contributed by atoms with Crippen LogP contribution < -0.4 is 5.73 Å². The fourth-order valence-electron chi connectivity index (χ4n) is 2.58. The van der Waals surface area contributed by atoms with Gasteiger partial charge in [-0.15, -0.1) is 0 Å². The predicted molar refractivity (Wildman–Crippen MR) is 72.9 cm³/mol. The summed E-state index contributed by atoms with van der Waals surface area (Å²) in [6, 6.07) is 8.87. The zero-order valence-electron chi connectivity index (χ0n) is 10.3. The second kappa shape index (κ2) is 4.80. The van der Waals surface area contributed by atoms with Gasteiger partial charge < -0.3 is 5.73 Å². The Morgan fingerprint density at radius 3 is 2.50 bits per heavy atom. The third-order valence-electron chi connectivity index (χ3n) is 3.32. The Bertz CT molecular complexity index is 362. The lowest BCUT2D eigenvalue weighted by Gasteiger charge is -2.35. The molecule has 0 aromatic heterocycles. The zero-order valence-corrected chi connectivity index (χ0v) is 11.1. The molecule has 0 aliphatic heterocycles. The van der Waals surface area contributed by atoms with Gasteiger partial charge in [0.15, 0.2) is 0 Å². The summed E-state index contributed by atoms with van der Waals surface area (Å²) in [4.78, 5) is 0. The van der Waals surface area contributed by atoms with Gasteiger partial charge in [-0.05, 0) is 28.7 Å². The summed E-state index contributed by atoms with van der Waals surface area (Å²) in [6.07, 6.45) is 1.21. The monoisotopic (exact) mass is 235 g/mol. The van der Waals surface area contributed by atoms with Crippen LogP contribution >= 0.6 is 11.8 Å². The van der Waals surface area contributed by atoms with Gasteiger partial charge >= 0.3 is 0 Å². The highest BCUT2D eigenvalue weighted by molar-refractivity contribution is 8.00. The highest BCUT2D eigenvalue weighted by atomic mass is 32.2. The van der Waals surface area contributed by atoms with Gasteiger partial charge in [0.1, 0.15) is 0 Å². The first-order valence-electron chi connectivity index (χ1n) is 6.09. The maximum absolute atomic E-state index is 6.38. The number of thioether (sulfide) groups is 1. The van der Waals surface area contributed by atoms with Crippen molar-refractivity contribution in [3.8, 4) is 0 Å². The molecule has 1 aromatic rings. The molecule has 0 bridgehead atoms. The van der Waals surface area contributed by atoms with Crippen LogP contribution in [0.15, 0.2) is 24.3 Å². The molecule has 0 saturated heterocycles. The summed E-state index contributed by atoms with van der Waals surface area (Å²) in [5, 5.41) is 1.23. The largest absolute Gasteiger partial charge is 0.323 e. The molecule has 16 heavy (non-hydrogen) atoms. The number of rotatable bonds is 2. The zero-order chi connectivity index (χ0) is 11.7. The fourth-order valence-corrected chi connectivity index (χ4v) is 3.99. The molecule has 1 nitrogen and oxygen atoms in total. The van der Waals surface area contributed by atoms with E-state index < -0.39 is 0 Å². The van der Waals surface area contributed by atoms with E-state index in [-0.39, 0.29) is 6.04 Å². The van der Waals surface area contributed by atoms with Crippen LogP contribution in [0.2, 0.25) is 0 Å². The molecule has 3 unspecified atom stereocenters. The topological polar surface area (TPSA) is 26.0 Å². The fraction of sp³-hybridized carbons (Fsp3) is 0.571. The first kappa shape index (κ1) is 12.0. The minimum Gasteiger partial charge on any atom is -0.323 e. The molecule has 1 aliphatic rings. The van der Waals surface area contributed by atoms with Gasteiger partial charge in [0, 0.05) is 11.3 Å². The Hall–Kier alpha value is -0.470. The molecular weight excluding hydrogens is 214 g/mol. The lowest BCUT2D eigenvalue weighted by Crippen LogP contribution is -2.31. The average molecular weight is 235 g/mol. The maximum Gasteiger partial charge on any atom is 0.0418 e. The third kappa shape index (κ3) is 2.28. The summed E-state index contributed by atoms with van der Waals surface area (Å²) in [6.45, 7) is 6.82. The van der Waals surface area contributed by atoms with Crippen molar-refractivity contribution in [3.63, 3.8) is 0 Å². The van der Waals surface area contributed by atoms with Crippen LogP contribution in [-0.4, -0.2) is 10.5 Å².